The molecule has 4 aromatic rings. The normalized spacial score (nSPS) is 11.7. The highest BCUT2D eigenvalue weighted by Gasteiger charge is 2.12. The molecule has 0 radical (unpaired) electrons. The first-order valence-electron chi connectivity index (χ1n) is 7.93. The standard InChI is InChI=1S/C19H16N6S/c20-24-19(25-21)17-8-15-16(10-23-11-18(15)26-17)13-4-1-3-12(7-13)14-5-2-6-22-9-14/h1-11H,20-21H2,(H,24,25). The van der Waals surface area contributed by atoms with Gasteiger partial charge in [0.1, 0.15) is 0 Å². The van der Waals surface area contributed by atoms with Crippen molar-refractivity contribution in [3.8, 4) is 22.3 Å². The van der Waals surface area contributed by atoms with E-state index in [1.807, 2.05) is 42.9 Å². The van der Waals surface area contributed by atoms with Crippen LogP contribution in [0.1, 0.15) is 4.88 Å². The van der Waals surface area contributed by atoms with Crippen LogP contribution in [0.2, 0.25) is 0 Å². The lowest BCUT2D eigenvalue weighted by Gasteiger charge is -2.06. The number of thiophene rings is 1. The lowest BCUT2D eigenvalue weighted by molar-refractivity contribution is 1.01. The molecule has 0 fully saturated rings. The van der Waals surface area contributed by atoms with Crippen molar-refractivity contribution >= 4 is 27.3 Å². The molecule has 4 rings (SSSR count). The molecule has 128 valence electrons. The van der Waals surface area contributed by atoms with Crippen molar-refractivity contribution < 1.29 is 0 Å². The van der Waals surface area contributed by atoms with Gasteiger partial charge < -0.3 is 11.3 Å². The number of nitrogens with one attached hydrogen (secondary N) is 1. The summed E-state index contributed by atoms with van der Waals surface area (Å²) in [4.78, 5) is 9.46. The van der Waals surface area contributed by atoms with Gasteiger partial charge in [-0.3, -0.25) is 9.97 Å². The van der Waals surface area contributed by atoms with Crippen LogP contribution in [0.5, 0.6) is 0 Å². The van der Waals surface area contributed by atoms with E-state index >= 15 is 0 Å². The fourth-order valence-electron chi connectivity index (χ4n) is 2.88. The second-order valence-electron chi connectivity index (χ2n) is 5.65. The fraction of sp³-hybridized carbons (Fsp3) is 0. The summed E-state index contributed by atoms with van der Waals surface area (Å²) in [6.07, 6.45) is 7.34. The zero-order valence-electron chi connectivity index (χ0n) is 13.8. The van der Waals surface area contributed by atoms with Crippen molar-refractivity contribution in [3.63, 3.8) is 0 Å². The van der Waals surface area contributed by atoms with Gasteiger partial charge in [-0.1, -0.05) is 24.3 Å². The van der Waals surface area contributed by atoms with E-state index in [-0.39, 0.29) is 0 Å². The molecule has 0 unspecified atom stereocenters. The number of fused-ring (bicyclic) bond motifs is 1. The van der Waals surface area contributed by atoms with Gasteiger partial charge in [-0.2, -0.15) is 5.10 Å². The van der Waals surface area contributed by atoms with Gasteiger partial charge in [-0.25, -0.2) is 5.84 Å². The maximum Gasteiger partial charge on any atom is 0.176 e. The van der Waals surface area contributed by atoms with Crippen LogP contribution < -0.4 is 17.1 Å². The third kappa shape index (κ3) is 2.90. The highest BCUT2D eigenvalue weighted by molar-refractivity contribution is 7.21. The number of nitrogens with zero attached hydrogens (tertiary/aromatic N) is 3. The van der Waals surface area contributed by atoms with Crippen molar-refractivity contribution in [3.05, 3.63) is 72.1 Å². The van der Waals surface area contributed by atoms with E-state index in [0.717, 1.165) is 37.2 Å². The number of nitrogens with two attached hydrogens (primary N) is 2. The van der Waals surface area contributed by atoms with E-state index in [4.69, 9.17) is 11.7 Å². The Balaban J connectivity index is 1.85. The van der Waals surface area contributed by atoms with Gasteiger partial charge in [-0.15, -0.1) is 11.3 Å². The molecule has 0 bridgehead atoms. The quantitative estimate of drug-likeness (QED) is 0.225. The number of aromatic nitrogens is 2. The van der Waals surface area contributed by atoms with Crippen molar-refractivity contribution in [2.24, 2.45) is 16.8 Å². The molecule has 0 amide bonds. The van der Waals surface area contributed by atoms with E-state index in [0.29, 0.717) is 5.84 Å². The zero-order valence-corrected chi connectivity index (χ0v) is 14.6. The Hall–Kier alpha value is -3.29. The molecular weight excluding hydrogens is 344 g/mol. The second-order valence-corrected chi connectivity index (χ2v) is 6.74. The van der Waals surface area contributed by atoms with Gasteiger partial charge in [0.25, 0.3) is 0 Å². The van der Waals surface area contributed by atoms with Crippen LogP contribution >= 0.6 is 11.3 Å². The average Bonchev–Trinajstić information content (AvgIpc) is 3.13. The number of rotatable bonds is 3. The molecule has 0 aliphatic heterocycles. The molecule has 3 aromatic heterocycles. The Kier molecular flexibility index (Phi) is 4.30. The van der Waals surface area contributed by atoms with Gasteiger partial charge in [0.15, 0.2) is 5.84 Å². The molecule has 0 spiro atoms. The fourth-order valence-corrected chi connectivity index (χ4v) is 3.89. The van der Waals surface area contributed by atoms with E-state index in [2.05, 4.69) is 38.7 Å². The predicted octanol–water partition coefficient (Wildman–Crippen LogP) is 3.11. The topological polar surface area (TPSA) is 102 Å². The Morgan fingerprint density at radius 1 is 0.962 bits per heavy atom. The number of hydrogen-bond donors (Lipinski definition) is 3. The lowest BCUT2D eigenvalue weighted by Crippen LogP contribution is -2.31. The third-order valence-electron chi connectivity index (χ3n) is 4.11. The second kappa shape index (κ2) is 6.91. The minimum absolute atomic E-state index is 0.446. The molecule has 0 aliphatic carbocycles. The van der Waals surface area contributed by atoms with Crippen LogP contribution in [-0.4, -0.2) is 15.8 Å². The number of pyridine rings is 2. The summed E-state index contributed by atoms with van der Waals surface area (Å²) in [7, 11) is 0. The molecule has 7 heteroatoms. The molecule has 6 nitrogen and oxygen atoms in total. The molecule has 1 aromatic carbocycles. The SMILES string of the molecule is N/N=C(\NN)c1cc2c(-c3cccc(-c4cccnc4)c3)cncc2s1. The zero-order chi connectivity index (χ0) is 17.9. The van der Waals surface area contributed by atoms with Gasteiger partial charge in [0.2, 0.25) is 0 Å². The lowest BCUT2D eigenvalue weighted by atomic mass is 9.99. The van der Waals surface area contributed by atoms with Crippen LogP contribution in [-0.2, 0) is 0 Å². The Labute approximate surface area is 154 Å². The summed E-state index contributed by atoms with van der Waals surface area (Å²) in [6, 6.07) is 14.3. The van der Waals surface area contributed by atoms with Crippen LogP contribution in [0.4, 0.5) is 0 Å². The highest BCUT2D eigenvalue weighted by Crippen LogP contribution is 2.34. The highest BCUT2D eigenvalue weighted by atomic mass is 32.1. The van der Waals surface area contributed by atoms with E-state index in [1.165, 1.54) is 11.3 Å². The van der Waals surface area contributed by atoms with Crippen LogP contribution in [0, 0.1) is 0 Å². The van der Waals surface area contributed by atoms with Gasteiger partial charge in [0, 0.05) is 41.3 Å². The molecule has 0 aliphatic rings. The van der Waals surface area contributed by atoms with Gasteiger partial charge in [0.05, 0.1) is 9.58 Å². The minimum Gasteiger partial charge on any atom is -0.321 e. The van der Waals surface area contributed by atoms with E-state index in [9.17, 15) is 0 Å². The summed E-state index contributed by atoms with van der Waals surface area (Å²) in [5.41, 5.74) is 6.84. The summed E-state index contributed by atoms with van der Waals surface area (Å²) in [5.74, 6) is 11.3. The molecule has 0 atom stereocenters. The van der Waals surface area contributed by atoms with Gasteiger partial charge in [-0.05, 0) is 29.3 Å². The first kappa shape index (κ1) is 16.2. The molecular formula is C19H16N6S. The van der Waals surface area contributed by atoms with Crippen molar-refractivity contribution in [1.29, 1.82) is 0 Å². The molecule has 5 N–H and O–H groups in total. The first-order valence-corrected chi connectivity index (χ1v) is 8.75. The first-order chi connectivity index (χ1) is 12.8. The number of hydrazine groups is 1. The molecule has 0 saturated heterocycles. The summed E-state index contributed by atoms with van der Waals surface area (Å²) < 4.78 is 1.04. The predicted molar refractivity (Wildman–Crippen MR) is 106 cm³/mol. The maximum absolute atomic E-state index is 5.49. The summed E-state index contributed by atoms with van der Waals surface area (Å²) >= 11 is 1.54. The van der Waals surface area contributed by atoms with E-state index in [1.54, 1.807) is 6.20 Å². The molecule has 0 saturated carbocycles. The maximum atomic E-state index is 5.49. The van der Waals surface area contributed by atoms with Crippen LogP contribution in [0.15, 0.2) is 72.4 Å². The third-order valence-corrected chi connectivity index (χ3v) is 5.19. The number of hydrazone groups is 1. The van der Waals surface area contributed by atoms with Gasteiger partial charge >= 0.3 is 0 Å². The van der Waals surface area contributed by atoms with Crippen molar-refractivity contribution in [2.75, 3.05) is 0 Å². The van der Waals surface area contributed by atoms with Crippen LogP contribution in [0.25, 0.3) is 32.3 Å². The average molecular weight is 360 g/mol. The Morgan fingerprint density at radius 2 is 1.81 bits per heavy atom. The number of benzene rings is 1. The largest absolute Gasteiger partial charge is 0.321 e. The molecule has 26 heavy (non-hydrogen) atoms. The minimum atomic E-state index is 0.446. The smallest absolute Gasteiger partial charge is 0.176 e. The van der Waals surface area contributed by atoms with Crippen molar-refractivity contribution in [2.45, 2.75) is 0 Å². The monoisotopic (exact) mass is 360 g/mol. The number of hydrogen-bond acceptors (Lipinski definition) is 6. The van der Waals surface area contributed by atoms with Crippen molar-refractivity contribution in [1.82, 2.24) is 15.4 Å². The molecule has 3 heterocycles. The Bertz CT molecular complexity index is 1090. The number of amidine groups is 1. The van der Waals surface area contributed by atoms with E-state index < -0.39 is 0 Å². The summed E-state index contributed by atoms with van der Waals surface area (Å²) in [5, 5.41) is 4.77. The summed E-state index contributed by atoms with van der Waals surface area (Å²) in [6.45, 7) is 0. The Morgan fingerprint density at radius 3 is 2.58 bits per heavy atom. The van der Waals surface area contributed by atoms with Crippen LogP contribution in [0.3, 0.4) is 0 Å².